The lowest BCUT2D eigenvalue weighted by Gasteiger charge is -2.11. The van der Waals surface area contributed by atoms with E-state index in [1.165, 1.54) is 4.68 Å². The molecule has 0 fully saturated rings. The second-order valence-corrected chi connectivity index (χ2v) is 7.53. The Morgan fingerprint density at radius 1 is 0.971 bits per heavy atom. The zero-order valence-corrected chi connectivity index (χ0v) is 18.9. The maximum atomic E-state index is 13.4. The Labute approximate surface area is 195 Å². The monoisotopic (exact) mass is 453 g/mol. The van der Waals surface area contributed by atoms with E-state index in [2.05, 4.69) is 5.10 Å². The van der Waals surface area contributed by atoms with Gasteiger partial charge in [0.2, 0.25) is 5.82 Å². The first-order chi connectivity index (χ1) is 16.7. The highest BCUT2D eigenvalue weighted by atomic mass is 16.5. The van der Waals surface area contributed by atoms with Gasteiger partial charge >= 0.3 is 0 Å². The zero-order chi connectivity index (χ0) is 23.5. The summed E-state index contributed by atoms with van der Waals surface area (Å²) in [5.41, 5.74) is 1.70. The van der Waals surface area contributed by atoms with Gasteiger partial charge in [-0.1, -0.05) is 30.3 Å². The summed E-state index contributed by atoms with van der Waals surface area (Å²) in [7, 11) is 0. The molecule has 0 saturated carbocycles. The van der Waals surface area contributed by atoms with E-state index in [0.29, 0.717) is 58.3 Å². The third-order valence-corrected chi connectivity index (χ3v) is 5.31. The van der Waals surface area contributed by atoms with Crippen LogP contribution in [0.15, 0.2) is 87.1 Å². The van der Waals surface area contributed by atoms with Gasteiger partial charge in [0, 0.05) is 17.0 Å². The van der Waals surface area contributed by atoms with Crippen molar-refractivity contribution in [2.24, 2.45) is 5.10 Å². The molecule has 0 amide bonds. The van der Waals surface area contributed by atoms with Crippen LogP contribution in [-0.4, -0.2) is 29.1 Å². The third kappa shape index (κ3) is 4.03. The molecule has 3 aromatic carbocycles. The largest absolute Gasteiger partial charge is 0.494 e. The maximum Gasteiger partial charge on any atom is 0.282 e. The van der Waals surface area contributed by atoms with Crippen LogP contribution in [0.3, 0.4) is 0 Å². The SMILES string of the molecule is CCOc1ccc(C=Nn2c(-c3cc4ccccc4o3)nc3ccccc3c2=O)c(OCC)c1. The van der Waals surface area contributed by atoms with Crippen molar-refractivity contribution in [1.29, 1.82) is 0 Å². The van der Waals surface area contributed by atoms with Crippen molar-refractivity contribution in [3.05, 3.63) is 88.7 Å². The van der Waals surface area contributed by atoms with E-state index in [1.54, 1.807) is 24.4 Å². The Balaban J connectivity index is 1.67. The van der Waals surface area contributed by atoms with E-state index in [0.717, 1.165) is 5.39 Å². The van der Waals surface area contributed by atoms with E-state index in [9.17, 15) is 4.79 Å². The summed E-state index contributed by atoms with van der Waals surface area (Å²) in [4.78, 5) is 18.1. The van der Waals surface area contributed by atoms with Gasteiger partial charge in [-0.15, -0.1) is 0 Å². The zero-order valence-electron chi connectivity index (χ0n) is 18.9. The summed E-state index contributed by atoms with van der Waals surface area (Å²) in [6.07, 6.45) is 1.59. The third-order valence-electron chi connectivity index (χ3n) is 5.31. The molecule has 2 aromatic heterocycles. The minimum atomic E-state index is -0.291. The molecular weight excluding hydrogens is 430 g/mol. The standard InChI is InChI=1S/C27H23N3O4/c1-3-32-20-14-13-19(24(16-20)33-4-2)17-28-30-26(25-15-18-9-5-8-12-23(18)34-25)29-22-11-7-6-10-21(22)27(30)31/h5-17H,3-4H2,1-2H3. The van der Waals surface area contributed by atoms with Crippen LogP contribution in [0.5, 0.6) is 11.5 Å². The lowest BCUT2D eigenvalue weighted by atomic mass is 10.2. The van der Waals surface area contributed by atoms with Crippen LogP contribution in [0.2, 0.25) is 0 Å². The molecule has 0 aliphatic carbocycles. The number of fused-ring (bicyclic) bond motifs is 2. The molecule has 0 aliphatic heterocycles. The number of hydrogen-bond acceptors (Lipinski definition) is 6. The average molecular weight is 453 g/mol. The number of nitrogens with zero attached hydrogens (tertiary/aromatic N) is 3. The van der Waals surface area contributed by atoms with Crippen LogP contribution in [0.1, 0.15) is 19.4 Å². The Hall–Kier alpha value is -4.39. The van der Waals surface area contributed by atoms with Crippen LogP contribution >= 0.6 is 0 Å². The minimum absolute atomic E-state index is 0.291. The number of hydrogen-bond donors (Lipinski definition) is 0. The predicted molar refractivity (Wildman–Crippen MR) is 133 cm³/mol. The fourth-order valence-electron chi connectivity index (χ4n) is 3.76. The number of furan rings is 1. The molecule has 0 unspecified atom stereocenters. The lowest BCUT2D eigenvalue weighted by Crippen LogP contribution is -2.20. The minimum Gasteiger partial charge on any atom is -0.494 e. The van der Waals surface area contributed by atoms with Gasteiger partial charge in [0.25, 0.3) is 5.56 Å². The molecule has 5 aromatic rings. The molecule has 7 heteroatoms. The summed E-state index contributed by atoms with van der Waals surface area (Å²) in [6.45, 7) is 4.87. The number of ether oxygens (including phenoxy) is 2. The van der Waals surface area contributed by atoms with Gasteiger partial charge in [-0.3, -0.25) is 4.79 Å². The molecule has 2 heterocycles. The number of para-hydroxylation sites is 2. The fraction of sp³-hybridized carbons (Fsp3) is 0.148. The number of benzene rings is 3. The first kappa shape index (κ1) is 21.5. The first-order valence-electron chi connectivity index (χ1n) is 11.1. The van der Waals surface area contributed by atoms with Gasteiger partial charge in [-0.25, -0.2) is 4.98 Å². The van der Waals surface area contributed by atoms with Crippen molar-refractivity contribution < 1.29 is 13.9 Å². The highest BCUT2D eigenvalue weighted by molar-refractivity contribution is 5.86. The Morgan fingerprint density at radius 3 is 2.59 bits per heavy atom. The van der Waals surface area contributed by atoms with Crippen LogP contribution < -0.4 is 15.0 Å². The van der Waals surface area contributed by atoms with Crippen molar-refractivity contribution in [1.82, 2.24) is 9.66 Å². The summed E-state index contributed by atoms with van der Waals surface area (Å²) < 4.78 is 18.6. The van der Waals surface area contributed by atoms with Gasteiger partial charge in [-0.2, -0.15) is 9.78 Å². The molecule has 0 spiro atoms. The molecule has 0 atom stereocenters. The molecule has 0 bridgehead atoms. The summed E-state index contributed by atoms with van der Waals surface area (Å²) >= 11 is 0. The van der Waals surface area contributed by atoms with Crippen molar-refractivity contribution in [3.8, 4) is 23.1 Å². The first-order valence-corrected chi connectivity index (χ1v) is 11.1. The second-order valence-electron chi connectivity index (χ2n) is 7.53. The van der Waals surface area contributed by atoms with E-state index in [4.69, 9.17) is 18.9 Å². The van der Waals surface area contributed by atoms with Gasteiger partial charge in [0.05, 0.1) is 30.3 Å². The highest BCUT2D eigenvalue weighted by Crippen LogP contribution is 2.28. The van der Waals surface area contributed by atoms with Crippen LogP contribution in [-0.2, 0) is 0 Å². The molecule has 34 heavy (non-hydrogen) atoms. The van der Waals surface area contributed by atoms with Crippen molar-refractivity contribution in [3.63, 3.8) is 0 Å². The maximum absolute atomic E-state index is 13.4. The molecule has 5 rings (SSSR count). The topological polar surface area (TPSA) is 78.9 Å². The van der Waals surface area contributed by atoms with E-state index in [1.807, 2.05) is 68.4 Å². The van der Waals surface area contributed by atoms with Crippen molar-refractivity contribution in [2.45, 2.75) is 13.8 Å². The number of aromatic nitrogens is 2. The van der Waals surface area contributed by atoms with Crippen molar-refractivity contribution in [2.75, 3.05) is 13.2 Å². The normalized spacial score (nSPS) is 11.5. The summed E-state index contributed by atoms with van der Waals surface area (Å²) in [5.74, 6) is 2.10. The second kappa shape index (κ2) is 9.23. The van der Waals surface area contributed by atoms with Crippen LogP contribution in [0.25, 0.3) is 33.5 Å². The Morgan fingerprint density at radius 2 is 1.76 bits per heavy atom. The smallest absolute Gasteiger partial charge is 0.282 e. The fourth-order valence-corrected chi connectivity index (χ4v) is 3.76. The van der Waals surface area contributed by atoms with Gasteiger partial charge in [0.15, 0.2) is 5.76 Å². The Bertz CT molecular complexity index is 1530. The highest BCUT2D eigenvalue weighted by Gasteiger charge is 2.16. The number of rotatable bonds is 7. The molecule has 170 valence electrons. The van der Waals surface area contributed by atoms with E-state index in [-0.39, 0.29) is 5.56 Å². The summed E-state index contributed by atoms with van der Waals surface area (Å²) in [6, 6.07) is 22.2. The predicted octanol–water partition coefficient (Wildman–Crippen LogP) is 5.49. The molecular formula is C27H23N3O4. The Kier molecular flexibility index (Phi) is 5.82. The van der Waals surface area contributed by atoms with Crippen molar-refractivity contribution >= 4 is 28.1 Å². The molecule has 0 saturated heterocycles. The van der Waals surface area contributed by atoms with Gasteiger partial charge in [-0.05, 0) is 50.2 Å². The summed E-state index contributed by atoms with van der Waals surface area (Å²) in [5, 5.41) is 5.91. The van der Waals surface area contributed by atoms with E-state index >= 15 is 0 Å². The molecule has 7 nitrogen and oxygen atoms in total. The van der Waals surface area contributed by atoms with Crippen LogP contribution in [0, 0.1) is 0 Å². The van der Waals surface area contributed by atoms with Gasteiger partial charge in [0.1, 0.15) is 17.1 Å². The average Bonchev–Trinajstić information content (AvgIpc) is 3.29. The molecule has 0 N–H and O–H groups in total. The van der Waals surface area contributed by atoms with E-state index < -0.39 is 0 Å². The lowest BCUT2D eigenvalue weighted by molar-refractivity contribution is 0.323. The molecule has 0 radical (unpaired) electrons. The quantitative estimate of drug-likeness (QED) is 0.305. The van der Waals surface area contributed by atoms with Crippen LogP contribution in [0.4, 0.5) is 0 Å². The molecule has 0 aliphatic rings. The van der Waals surface area contributed by atoms with Gasteiger partial charge < -0.3 is 13.9 Å².